The van der Waals surface area contributed by atoms with Crippen molar-refractivity contribution in [3.8, 4) is 17.2 Å². The number of nitrogens with two attached hydrogens (primary N) is 1. The third kappa shape index (κ3) is 4.56. The van der Waals surface area contributed by atoms with Gasteiger partial charge < -0.3 is 19.9 Å². The van der Waals surface area contributed by atoms with Crippen LogP contribution < -0.4 is 10.5 Å². The molecule has 2 fully saturated rings. The van der Waals surface area contributed by atoms with E-state index < -0.39 is 0 Å². The van der Waals surface area contributed by atoms with E-state index >= 15 is 0 Å². The molecule has 4 aromatic rings. The van der Waals surface area contributed by atoms with E-state index in [1.165, 1.54) is 57.4 Å². The van der Waals surface area contributed by atoms with Crippen LogP contribution in [-0.4, -0.2) is 63.6 Å². The van der Waals surface area contributed by atoms with Crippen LogP contribution in [0, 0.1) is 0 Å². The van der Waals surface area contributed by atoms with Gasteiger partial charge in [0.25, 0.3) is 0 Å². The van der Waals surface area contributed by atoms with Gasteiger partial charge in [0.1, 0.15) is 23.3 Å². The van der Waals surface area contributed by atoms with Crippen LogP contribution >= 0.6 is 0 Å². The SMILES string of the molecule is CN1CCN(C2CCC(c3cn(-c4ccc(Oc5ccccc5)cc4)c4c(N)ncnc34)CC2)CC1. The molecule has 7 nitrogen and oxygen atoms in total. The standard InChI is InChI=1S/C29H34N6O/c1-33-15-17-34(18-16-33)22-9-7-21(8-10-22)26-19-35(28-27(26)31-20-32-29(28)30)23-11-13-25(14-12-23)36-24-5-3-2-4-6-24/h2-6,11-14,19-22H,7-10,15-18H2,1H3,(H2,30,31,32). The molecule has 6 rings (SSSR count). The maximum Gasteiger partial charge on any atom is 0.151 e. The first kappa shape index (κ1) is 23.0. The van der Waals surface area contributed by atoms with Gasteiger partial charge >= 0.3 is 0 Å². The zero-order valence-corrected chi connectivity index (χ0v) is 20.9. The molecule has 0 spiro atoms. The predicted octanol–water partition coefficient (Wildman–Crippen LogP) is 5.07. The Labute approximate surface area is 212 Å². The lowest BCUT2D eigenvalue weighted by molar-refractivity contribution is 0.0879. The second kappa shape index (κ2) is 9.91. The molecule has 0 radical (unpaired) electrons. The van der Waals surface area contributed by atoms with Crippen molar-refractivity contribution < 1.29 is 4.74 Å². The highest BCUT2D eigenvalue weighted by atomic mass is 16.5. The Hall–Kier alpha value is -3.42. The largest absolute Gasteiger partial charge is 0.457 e. The van der Waals surface area contributed by atoms with Gasteiger partial charge in [-0.1, -0.05) is 18.2 Å². The summed E-state index contributed by atoms with van der Waals surface area (Å²) >= 11 is 0. The minimum atomic E-state index is 0.493. The molecule has 2 aliphatic rings. The van der Waals surface area contributed by atoms with Crippen LogP contribution in [0.1, 0.15) is 37.2 Å². The molecule has 2 aromatic carbocycles. The van der Waals surface area contributed by atoms with Crippen LogP contribution in [0.15, 0.2) is 67.1 Å². The molecule has 36 heavy (non-hydrogen) atoms. The van der Waals surface area contributed by atoms with E-state index in [1.54, 1.807) is 6.33 Å². The van der Waals surface area contributed by atoms with Gasteiger partial charge in [-0.05, 0) is 80.6 Å². The average molecular weight is 483 g/mol. The summed E-state index contributed by atoms with van der Waals surface area (Å²) in [6, 6.07) is 18.7. The van der Waals surface area contributed by atoms with E-state index in [0.29, 0.717) is 17.8 Å². The first-order chi connectivity index (χ1) is 17.7. The first-order valence-corrected chi connectivity index (χ1v) is 13.0. The lowest BCUT2D eigenvalue weighted by Gasteiger charge is -2.41. The van der Waals surface area contributed by atoms with Gasteiger partial charge in [0.2, 0.25) is 0 Å². The number of rotatable bonds is 5. The molecule has 1 saturated carbocycles. The number of benzene rings is 2. The zero-order valence-electron chi connectivity index (χ0n) is 20.9. The summed E-state index contributed by atoms with van der Waals surface area (Å²) in [5, 5.41) is 0. The lowest BCUT2D eigenvalue weighted by Crippen LogP contribution is -2.49. The number of likely N-dealkylation sites (N-methyl/N-ethyl adjacent to an activating group) is 1. The number of piperazine rings is 1. The van der Waals surface area contributed by atoms with E-state index in [-0.39, 0.29) is 0 Å². The minimum absolute atomic E-state index is 0.493. The van der Waals surface area contributed by atoms with E-state index in [9.17, 15) is 0 Å². The number of ether oxygens (including phenoxy) is 1. The van der Waals surface area contributed by atoms with Crippen LogP contribution in [0.4, 0.5) is 5.82 Å². The predicted molar refractivity (Wildman–Crippen MR) is 144 cm³/mol. The van der Waals surface area contributed by atoms with E-state index in [2.05, 4.69) is 44.7 Å². The van der Waals surface area contributed by atoms with Crippen LogP contribution in [0.2, 0.25) is 0 Å². The van der Waals surface area contributed by atoms with E-state index in [1.807, 2.05) is 42.5 Å². The molecule has 7 heteroatoms. The molecule has 186 valence electrons. The van der Waals surface area contributed by atoms with Crippen molar-refractivity contribution in [2.24, 2.45) is 0 Å². The Balaban J connectivity index is 1.24. The smallest absolute Gasteiger partial charge is 0.151 e. The highest BCUT2D eigenvalue weighted by Gasteiger charge is 2.30. The number of nitrogen functional groups attached to an aromatic ring is 1. The van der Waals surface area contributed by atoms with Gasteiger partial charge in [0.15, 0.2) is 5.82 Å². The lowest BCUT2D eigenvalue weighted by atomic mass is 9.81. The monoisotopic (exact) mass is 482 g/mol. The molecule has 0 amide bonds. The van der Waals surface area contributed by atoms with Crippen molar-refractivity contribution in [1.82, 2.24) is 24.3 Å². The maximum atomic E-state index is 6.39. The van der Waals surface area contributed by atoms with E-state index in [0.717, 1.165) is 28.2 Å². The second-order valence-corrected chi connectivity index (χ2v) is 10.2. The fraction of sp³-hybridized carbons (Fsp3) is 0.379. The van der Waals surface area contributed by atoms with Gasteiger partial charge in [-0.15, -0.1) is 0 Å². The molecular formula is C29H34N6O. The Bertz CT molecular complexity index is 1300. The van der Waals surface area contributed by atoms with Gasteiger partial charge in [0, 0.05) is 44.1 Å². The fourth-order valence-corrected chi connectivity index (χ4v) is 5.85. The third-order valence-electron chi connectivity index (χ3n) is 7.92. The number of para-hydroxylation sites is 1. The molecule has 0 atom stereocenters. The normalized spacial score (nSPS) is 21.6. The van der Waals surface area contributed by atoms with Crippen LogP contribution in [0.25, 0.3) is 16.7 Å². The van der Waals surface area contributed by atoms with Crippen LogP contribution in [0.3, 0.4) is 0 Å². The number of hydrogen-bond acceptors (Lipinski definition) is 6. The van der Waals surface area contributed by atoms with Crippen molar-refractivity contribution >= 4 is 16.9 Å². The van der Waals surface area contributed by atoms with Crippen LogP contribution in [0.5, 0.6) is 11.5 Å². The molecule has 2 aromatic heterocycles. The number of aromatic nitrogens is 3. The molecule has 3 heterocycles. The summed E-state index contributed by atoms with van der Waals surface area (Å²) in [4.78, 5) is 14.2. The average Bonchev–Trinajstić information content (AvgIpc) is 3.31. The molecule has 1 aliphatic heterocycles. The topological polar surface area (TPSA) is 72.4 Å². The quantitative estimate of drug-likeness (QED) is 0.428. The summed E-state index contributed by atoms with van der Waals surface area (Å²) in [6.07, 6.45) is 8.69. The van der Waals surface area contributed by atoms with Crippen molar-refractivity contribution in [2.75, 3.05) is 39.0 Å². The minimum Gasteiger partial charge on any atom is -0.457 e. The molecule has 1 aliphatic carbocycles. The summed E-state index contributed by atoms with van der Waals surface area (Å²) < 4.78 is 8.13. The van der Waals surface area contributed by atoms with Gasteiger partial charge in [-0.25, -0.2) is 9.97 Å². The Morgan fingerprint density at radius 3 is 2.25 bits per heavy atom. The molecule has 0 unspecified atom stereocenters. The highest BCUT2D eigenvalue weighted by molar-refractivity contribution is 5.90. The number of anilines is 1. The zero-order chi connectivity index (χ0) is 24.5. The second-order valence-electron chi connectivity index (χ2n) is 10.2. The fourth-order valence-electron chi connectivity index (χ4n) is 5.85. The summed E-state index contributed by atoms with van der Waals surface area (Å²) in [5.41, 5.74) is 10.6. The van der Waals surface area contributed by atoms with Crippen molar-refractivity contribution in [1.29, 1.82) is 0 Å². The summed E-state index contributed by atoms with van der Waals surface area (Å²) in [7, 11) is 2.22. The van der Waals surface area contributed by atoms with Crippen LogP contribution in [-0.2, 0) is 0 Å². The van der Waals surface area contributed by atoms with E-state index in [4.69, 9.17) is 15.5 Å². The van der Waals surface area contributed by atoms with Gasteiger partial charge in [0.05, 0.1) is 5.52 Å². The van der Waals surface area contributed by atoms with Crippen molar-refractivity contribution in [2.45, 2.75) is 37.6 Å². The maximum absolute atomic E-state index is 6.39. The molecular weight excluding hydrogens is 448 g/mol. The molecule has 1 saturated heterocycles. The first-order valence-electron chi connectivity index (χ1n) is 13.0. The summed E-state index contributed by atoms with van der Waals surface area (Å²) in [6.45, 7) is 4.75. The number of hydrogen-bond donors (Lipinski definition) is 1. The van der Waals surface area contributed by atoms with Gasteiger partial charge in [-0.3, -0.25) is 4.90 Å². The number of nitrogens with zero attached hydrogens (tertiary/aromatic N) is 5. The van der Waals surface area contributed by atoms with Crippen molar-refractivity contribution in [3.63, 3.8) is 0 Å². The molecule has 0 bridgehead atoms. The number of fused-ring (bicyclic) bond motifs is 1. The highest BCUT2D eigenvalue weighted by Crippen LogP contribution is 2.40. The Kier molecular flexibility index (Phi) is 6.34. The Morgan fingerprint density at radius 2 is 1.53 bits per heavy atom. The Morgan fingerprint density at radius 1 is 0.833 bits per heavy atom. The third-order valence-corrected chi connectivity index (χ3v) is 7.92. The van der Waals surface area contributed by atoms with Gasteiger partial charge in [-0.2, -0.15) is 0 Å². The van der Waals surface area contributed by atoms with Crippen molar-refractivity contribution in [3.05, 3.63) is 72.7 Å². The summed E-state index contributed by atoms with van der Waals surface area (Å²) in [5.74, 6) is 2.63. The molecule has 2 N–H and O–H groups in total.